The van der Waals surface area contributed by atoms with Crippen LogP contribution in [0.3, 0.4) is 0 Å². The smallest absolute Gasteiger partial charge is 0.338 e. The summed E-state index contributed by atoms with van der Waals surface area (Å²) in [5.74, 6) is 0.745. The van der Waals surface area contributed by atoms with Crippen LogP contribution in [0.15, 0.2) is 40.4 Å². The highest BCUT2D eigenvalue weighted by molar-refractivity contribution is 7.09. The number of nitrogens with zero attached hydrogens (tertiary/aromatic N) is 4. The van der Waals surface area contributed by atoms with Gasteiger partial charge < -0.3 is 4.52 Å². The van der Waals surface area contributed by atoms with E-state index < -0.39 is 11.7 Å². The molecule has 1 aliphatic rings. The molecule has 0 unspecified atom stereocenters. The van der Waals surface area contributed by atoms with Crippen LogP contribution in [0.1, 0.15) is 41.8 Å². The molecule has 0 radical (unpaired) electrons. The van der Waals surface area contributed by atoms with E-state index in [1.54, 1.807) is 11.3 Å². The molecule has 1 aliphatic heterocycles. The number of likely N-dealkylation sites (tertiary alicyclic amines) is 1. The van der Waals surface area contributed by atoms with Crippen LogP contribution < -0.4 is 0 Å². The Kier molecular flexibility index (Phi) is 4.96. The summed E-state index contributed by atoms with van der Waals surface area (Å²) in [5.41, 5.74) is -0.206. The van der Waals surface area contributed by atoms with Gasteiger partial charge in [-0.15, -0.1) is 11.3 Å². The summed E-state index contributed by atoms with van der Waals surface area (Å²) in [6.45, 7) is 1.42. The fourth-order valence-corrected chi connectivity index (χ4v) is 4.08. The number of benzene rings is 1. The molecule has 9 heteroatoms. The van der Waals surface area contributed by atoms with Crippen molar-refractivity contribution in [1.29, 1.82) is 0 Å². The van der Waals surface area contributed by atoms with E-state index in [1.165, 1.54) is 12.1 Å². The lowest BCUT2D eigenvalue weighted by atomic mass is 10.0. The third kappa shape index (κ3) is 4.03. The summed E-state index contributed by atoms with van der Waals surface area (Å²) in [6.07, 6.45) is 0.735. The van der Waals surface area contributed by atoms with Crippen molar-refractivity contribution in [3.05, 3.63) is 52.3 Å². The molecule has 0 bridgehead atoms. The molecule has 2 aromatic heterocycles. The minimum atomic E-state index is -4.36. The van der Waals surface area contributed by atoms with Gasteiger partial charge in [-0.3, -0.25) is 4.90 Å². The van der Waals surface area contributed by atoms with E-state index in [0.717, 1.165) is 42.9 Å². The van der Waals surface area contributed by atoms with Gasteiger partial charge in [0.25, 0.3) is 0 Å². The maximum absolute atomic E-state index is 12.7. The lowest BCUT2D eigenvalue weighted by molar-refractivity contribution is -0.137. The molecule has 1 aromatic carbocycles. The predicted molar refractivity (Wildman–Crippen MR) is 93.9 cm³/mol. The van der Waals surface area contributed by atoms with Crippen molar-refractivity contribution in [3.63, 3.8) is 0 Å². The van der Waals surface area contributed by atoms with Gasteiger partial charge in [0.2, 0.25) is 11.7 Å². The molecule has 0 spiro atoms. The molecule has 3 heterocycles. The highest BCUT2D eigenvalue weighted by atomic mass is 32.1. The second-order valence-corrected chi connectivity index (χ2v) is 7.37. The SMILES string of the molecule is FC(F)(F)c1ccc(-c2noc(CN3CCCC[C@@H]3c3nccs3)n2)cc1. The van der Waals surface area contributed by atoms with Gasteiger partial charge >= 0.3 is 6.18 Å². The number of piperidine rings is 1. The third-order valence-electron chi connectivity index (χ3n) is 4.63. The van der Waals surface area contributed by atoms with E-state index in [-0.39, 0.29) is 6.04 Å². The van der Waals surface area contributed by atoms with Crippen molar-refractivity contribution in [1.82, 2.24) is 20.0 Å². The summed E-state index contributed by atoms with van der Waals surface area (Å²) < 4.78 is 43.4. The van der Waals surface area contributed by atoms with Gasteiger partial charge in [0, 0.05) is 17.1 Å². The number of halogens is 3. The Labute approximate surface area is 157 Å². The first-order valence-electron chi connectivity index (χ1n) is 8.64. The molecule has 142 valence electrons. The van der Waals surface area contributed by atoms with Crippen molar-refractivity contribution in [3.8, 4) is 11.4 Å². The lowest BCUT2D eigenvalue weighted by Gasteiger charge is -2.33. The highest BCUT2D eigenvalue weighted by Crippen LogP contribution is 2.33. The molecule has 1 saturated heterocycles. The minimum Gasteiger partial charge on any atom is -0.338 e. The molecule has 0 saturated carbocycles. The first-order chi connectivity index (χ1) is 13.0. The molecular weight excluding hydrogens is 377 g/mol. The Morgan fingerprint density at radius 2 is 2.00 bits per heavy atom. The number of hydrogen-bond donors (Lipinski definition) is 0. The van der Waals surface area contributed by atoms with Crippen molar-refractivity contribution in [2.24, 2.45) is 0 Å². The summed E-state index contributed by atoms with van der Waals surface area (Å²) in [6, 6.07) is 5.00. The fraction of sp³-hybridized carbons (Fsp3) is 0.389. The van der Waals surface area contributed by atoms with Gasteiger partial charge in [-0.25, -0.2) is 4.98 Å². The van der Waals surface area contributed by atoms with Crippen LogP contribution in [0.4, 0.5) is 13.2 Å². The molecule has 3 aromatic rings. The highest BCUT2D eigenvalue weighted by Gasteiger charge is 2.30. The van der Waals surface area contributed by atoms with Gasteiger partial charge in [-0.1, -0.05) is 23.7 Å². The van der Waals surface area contributed by atoms with E-state index in [2.05, 4.69) is 20.0 Å². The van der Waals surface area contributed by atoms with Crippen LogP contribution in [0.2, 0.25) is 0 Å². The molecule has 5 nitrogen and oxygen atoms in total. The average Bonchev–Trinajstić information content (AvgIpc) is 3.34. The summed E-state index contributed by atoms with van der Waals surface area (Å²) in [7, 11) is 0. The molecule has 0 N–H and O–H groups in total. The van der Waals surface area contributed by atoms with Gasteiger partial charge in [-0.2, -0.15) is 18.2 Å². The fourth-order valence-electron chi connectivity index (χ4n) is 3.28. The van der Waals surface area contributed by atoms with Crippen LogP contribution in [-0.4, -0.2) is 26.6 Å². The lowest BCUT2D eigenvalue weighted by Crippen LogP contribution is -2.32. The zero-order valence-electron chi connectivity index (χ0n) is 14.3. The van der Waals surface area contributed by atoms with E-state index >= 15 is 0 Å². The summed E-state index contributed by atoms with van der Waals surface area (Å²) in [5, 5.41) is 6.98. The largest absolute Gasteiger partial charge is 0.416 e. The molecule has 1 fully saturated rings. The number of alkyl halides is 3. The molecule has 4 rings (SSSR count). The maximum atomic E-state index is 12.7. The topological polar surface area (TPSA) is 55.1 Å². The minimum absolute atomic E-state index is 0.236. The van der Waals surface area contributed by atoms with Crippen LogP contribution in [0.25, 0.3) is 11.4 Å². The van der Waals surface area contributed by atoms with E-state index in [0.29, 0.717) is 23.8 Å². The molecule has 27 heavy (non-hydrogen) atoms. The van der Waals surface area contributed by atoms with Crippen molar-refractivity contribution in [2.45, 2.75) is 38.0 Å². The van der Waals surface area contributed by atoms with Gasteiger partial charge in [0.1, 0.15) is 5.01 Å². The Morgan fingerprint density at radius 3 is 2.70 bits per heavy atom. The van der Waals surface area contributed by atoms with Crippen LogP contribution >= 0.6 is 11.3 Å². The Morgan fingerprint density at radius 1 is 1.19 bits per heavy atom. The van der Waals surface area contributed by atoms with Gasteiger partial charge in [0.15, 0.2) is 0 Å². The van der Waals surface area contributed by atoms with E-state index in [1.807, 2.05) is 11.6 Å². The zero-order chi connectivity index (χ0) is 18.9. The first-order valence-corrected chi connectivity index (χ1v) is 9.52. The second-order valence-electron chi connectivity index (χ2n) is 6.44. The molecule has 0 aliphatic carbocycles. The number of hydrogen-bond acceptors (Lipinski definition) is 6. The van der Waals surface area contributed by atoms with E-state index in [9.17, 15) is 13.2 Å². The number of thiazole rings is 1. The third-order valence-corrected chi connectivity index (χ3v) is 5.50. The van der Waals surface area contributed by atoms with Gasteiger partial charge in [-0.05, 0) is 31.5 Å². The van der Waals surface area contributed by atoms with Crippen molar-refractivity contribution in [2.75, 3.05) is 6.54 Å². The second kappa shape index (κ2) is 7.40. The van der Waals surface area contributed by atoms with Crippen molar-refractivity contribution >= 4 is 11.3 Å². The Bertz CT molecular complexity index is 877. The van der Waals surface area contributed by atoms with Crippen molar-refractivity contribution < 1.29 is 17.7 Å². The maximum Gasteiger partial charge on any atom is 0.416 e. The van der Waals surface area contributed by atoms with Crippen LogP contribution in [-0.2, 0) is 12.7 Å². The Hall–Kier alpha value is -2.26. The van der Waals surface area contributed by atoms with E-state index in [4.69, 9.17) is 4.52 Å². The van der Waals surface area contributed by atoms with Crippen LogP contribution in [0.5, 0.6) is 0 Å². The zero-order valence-corrected chi connectivity index (χ0v) is 15.1. The molecule has 0 amide bonds. The quantitative estimate of drug-likeness (QED) is 0.627. The molecule has 1 atom stereocenters. The van der Waals surface area contributed by atoms with Crippen LogP contribution in [0, 0.1) is 0 Å². The average molecular weight is 394 g/mol. The molecular formula is C18H17F3N4OS. The van der Waals surface area contributed by atoms with Gasteiger partial charge in [0.05, 0.1) is 18.2 Å². The standard InChI is InChI=1S/C18H17F3N4OS/c19-18(20,21)13-6-4-12(5-7-13)16-23-15(26-24-16)11-25-9-2-1-3-14(25)17-22-8-10-27-17/h4-8,10,14H,1-3,9,11H2/t14-/m1/s1. The normalized spacial score (nSPS) is 18.7. The predicted octanol–water partition coefficient (Wildman–Crippen LogP) is 4.94. The summed E-state index contributed by atoms with van der Waals surface area (Å²) in [4.78, 5) is 11.1. The number of rotatable bonds is 4. The first kappa shape index (κ1) is 18.1. The Balaban J connectivity index is 1.49. The number of aromatic nitrogens is 3. The monoisotopic (exact) mass is 394 g/mol. The summed E-state index contributed by atoms with van der Waals surface area (Å²) >= 11 is 1.64.